The van der Waals surface area contributed by atoms with E-state index in [9.17, 15) is 13.2 Å². The number of primary amides is 1. The SMILES string of the molecule is COc1cccc(COc2ccc(CCNC(C)C(N)=O)cc2)c1.CS(=O)(=O)O. The fraction of sp³-hybridized carbons (Fsp3) is 0.350. The highest BCUT2D eigenvalue weighted by Gasteiger charge is 2.06. The molecule has 4 N–H and O–H groups in total. The molecule has 1 atom stereocenters. The number of benzene rings is 2. The summed E-state index contributed by atoms with van der Waals surface area (Å²) in [4.78, 5) is 11.0. The number of carbonyl (C=O) groups is 1. The zero-order valence-corrected chi connectivity index (χ0v) is 17.6. The summed E-state index contributed by atoms with van der Waals surface area (Å²) in [6.45, 7) is 2.96. The molecule has 0 bridgehead atoms. The zero-order valence-electron chi connectivity index (χ0n) is 16.8. The number of hydrogen-bond acceptors (Lipinski definition) is 6. The smallest absolute Gasteiger partial charge is 0.261 e. The van der Waals surface area contributed by atoms with E-state index in [1.54, 1.807) is 14.0 Å². The largest absolute Gasteiger partial charge is 0.497 e. The number of methoxy groups -OCH3 is 1. The van der Waals surface area contributed by atoms with Crippen molar-refractivity contribution in [2.45, 2.75) is 26.0 Å². The Hall–Kier alpha value is -2.62. The summed E-state index contributed by atoms with van der Waals surface area (Å²) in [6, 6.07) is 15.5. The molecule has 0 aromatic heterocycles. The van der Waals surface area contributed by atoms with Crippen LogP contribution in [0.2, 0.25) is 0 Å². The Morgan fingerprint density at radius 3 is 2.31 bits per heavy atom. The standard InChI is InChI=1S/C19H24N2O3.CH4O3S/c1-14(19(20)22)21-11-10-15-6-8-17(9-7-15)24-13-16-4-3-5-18(12-16)23-2;1-5(2,3)4/h3-9,12,14,21H,10-11,13H2,1-2H3,(H2,20,22);1H3,(H,2,3,4). The third-order valence-electron chi connectivity index (χ3n) is 3.75. The molecule has 0 aliphatic heterocycles. The number of hydrogen-bond donors (Lipinski definition) is 3. The number of ether oxygens (including phenoxy) is 2. The molecule has 0 saturated heterocycles. The van der Waals surface area contributed by atoms with Crippen LogP contribution in [0.25, 0.3) is 0 Å². The first kappa shape index (κ1) is 24.4. The van der Waals surface area contributed by atoms with Crippen molar-refractivity contribution in [3.63, 3.8) is 0 Å². The lowest BCUT2D eigenvalue weighted by Crippen LogP contribution is -2.39. The van der Waals surface area contributed by atoms with Crippen molar-refractivity contribution in [3.8, 4) is 11.5 Å². The molecule has 0 spiro atoms. The summed E-state index contributed by atoms with van der Waals surface area (Å²) in [5.41, 5.74) is 7.44. The van der Waals surface area contributed by atoms with E-state index in [0.717, 1.165) is 23.5 Å². The van der Waals surface area contributed by atoms with Gasteiger partial charge < -0.3 is 20.5 Å². The predicted molar refractivity (Wildman–Crippen MR) is 112 cm³/mol. The van der Waals surface area contributed by atoms with Gasteiger partial charge in [0.2, 0.25) is 5.91 Å². The van der Waals surface area contributed by atoms with Gasteiger partial charge in [0.1, 0.15) is 18.1 Å². The van der Waals surface area contributed by atoms with Crippen LogP contribution in [0.4, 0.5) is 0 Å². The predicted octanol–water partition coefficient (Wildman–Crippen LogP) is 1.78. The summed E-state index contributed by atoms with van der Waals surface area (Å²) in [6.07, 6.45) is 1.54. The maximum Gasteiger partial charge on any atom is 0.261 e. The van der Waals surface area contributed by atoms with Gasteiger partial charge in [-0.15, -0.1) is 0 Å². The molecule has 1 unspecified atom stereocenters. The molecule has 29 heavy (non-hydrogen) atoms. The van der Waals surface area contributed by atoms with Crippen molar-refractivity contribution >= 4 is 16.0 Å². The van der Waals surface area contributed by atoms with E-state index in [2.05, 4.69) is 5.32 Å². The van der Waals surface area contributed by atoms with Gasteiger partial charge in [-0.1, -0.05) is 24.3 Å². The fourth-order valence-electron chi connectivity index (χ4n) is 2.21. The number of amides is 1. The Balaban J connectivity index is 0.000000749. The van der Waals surface area contributed by atoms with Gasteiger partial charge in [-0.05, 0) is 55.3 Å². The number of rotatable bonds is 9. The minimum atomic E-state index is -3.67. The lowest BCUT2D eigenvalue weighted by atomic mass is 10.1. The van der Waals surface area contributed by atoms with Gasteiger partial charge in [0.25, 0.3) is 10.1 Å². The van der Waals surface area contributed by atoms with E-state index in [1.165, 1.54) is 5.56 Å². The van der Waals surface area contributed by atoms with Gasteiger partial charge >= 0.3 is 0 Å². The lowest BCUT2D eigenvalue weighted by Gasteiger charge is -2.11. The summed E-state index contributed by atoms with van der Waals surface area (Å²) < 4.78 is 36.9. The van der Waals surface area contributed by atoms with Crippen molar-refractivity contribution < 1.29 is 27.2 Å². The Kier molecular flexibility index (Phi) is 10.1. The fourth-order valence-corrected chi connectivity index (χ4v) is 2.21. The third kappa shape index (κ3) is 11.7. The molecule has 2 aromatic carbocycles. The van der Waals surface area contributed by atoms with Crippen LogP contribution in [0.15, 0.2) is 48.5 Å². The van der Waals surface area contributed by atoms with Crippen LogP contribution >= 0.6 is 0 Å². The second-order valence-electron chi connectivity index (χ2n) is 6.35. The van der Waals surface area contributed by atoms with E-state index in [0.29, 0.717) is 19.4 Å². The molecule has 0 saturated carbocycles. The summed E-state index contributed by atoms with van der Waals surface area (Å²) in [5.74, 6) is 1.31. The molecule has 8 nitrogen and oxygen atoms in total. The molecule has 0 radical (unpaired) electrons. The second kappa shape index (κ2) is 12.1. The Labute approximate surface area is 171 Å². The Morgan fingerprint density at radius 2 is 1.76 bits per heavy atom. The molecule has 0 aliphatic carbocycles. The monoisotopic (exact) mass is 424 g/mol. The quantitative estimate of drug-likeness (QED) is 0.524. The van der Waals surface area contributed by atoms with E-state index < -0.39 is 10.1 Å². The number of nitrogens with two attached hydrogens (primary N) is 1. The lowest BCUT2D eigenvalue weighted by molar-refractivity contribution is -0.119. The van der Waals surface area contributed by atoms with Crippen molar-refractivity contribution in [1.82, 2.24) is 5.32 Å². The van der Waals surface area contributed by atoms with E-state index in [4.69, 9.17) is 19.8 Å². The van der Waals surface area contributed by atoms with Crippen molar-refractivity contribution in [2.24, 2.45) is 5.73 Å². The van der Waals surface area contributed by atoms with Crippen molar-refractivity contribution in [1.29, 1.82) is 0 Å². The normalized spacial score (nSPS) is 11.7. The highest BCUT2D eigenvalue weighted by molar-refractivity contribution is 7.85. The van der Waals surface area contributed by atoms with E-state index >= 15 is 0 Å². The first-order chi connectivity index (χ1) is 13.6. The van der Waals surface area contributed by atoms with Gasteiger partial charge in [0.05, 0.1) is 19.4 Å². The first-order valence-electron chi connectivity index (χ1n) is 8.88. The molecular formula is C20H28N2O6S. The van der Waals surface area contributed by atoms with Crippen LogP contribution in [0.3, 0.4) is 0 Å². The van der Waals surface area contributed by atoms with Crippen LogP contribution in [0.5, 0.6) is 11.5 Å². The van der Waals surface area contributed by atoms with Gasteiger partial charge in [-0.25, -0.2) is 0 Å². The van der Waals surface area contributed by atoms with Crippen LogP contribution in [0, 0.1) is 0 Å². The summed E-state index contributed by atoms with van der Waals surface area (Å²) in [5, 5.41) is 3.08. The molecule has 2 aromatic rings. The molecule has 9 heteroatoms. The van der Waals surface area contributed by atoms with Crippen molar-refractivity contribution in [3.05, 3.63) is 59.7 Å². The Morgan fingerprint density at radius 1 is 1.14 bits per heavy atom. The van der Waals surface area contributed by atoms with Crippen LogP contribution < -0.4 is 20.5 Å². The van der Waals surface area contributed by atoms with Crippen molar-refractivity contribution in [2.75, 3.05) is 19.9 Å². The molecule has 1 amide bonds. The maximum atomic E-state index is 11.0. The maximum absolute atomic E-state index is 11.0. The molecular weight excluding hydrogens is 396 g/mol. The topological polar surface area (TPSA) is 128 Å². The van der Waals surface area contributed by atoms with Gasteiger partial charge in [0.15, 0.2) is 0 Å². The number of nitrogens with one attached hydrogen (secondary N) is 1. The minimum Gasteiger partial charge on any atom is -0.497 e. The van der Waals surface area contributed by atoms with Gasteiger partial charge in [-0.3, -0.25) is 9.35 Å². The molecule has 160 valence electrons. The minimum absolute atomic E-state index is 0.310. The average Bonchev–Trinajstić information content (AvgIpc) is 2.66. The number of carbonyl (C=O) groups excluding carboxylic acids is 1. The highest BCUT2D eigenvalue weighted by atomic mass is 32.2. The van der Waals surface area contributed by atoms with E-state index in [1.807, 2.05) is 48.5 Å². The Bertz CT molecular complexity index is 861. The summed E-state index contributed by atoms with van der Waals surface area (Å²) >= 11 is 0. The second-order valence-corrected chi connectivity index (χ2v) is 7.81. The average molecular weight is 425 g/mol. The summed E-state index contributed by atoms with van der Waals surface area (Å²) in [7, 11) is -2.02. The first-order valence-corrected chi connectivity index (χ1v) is 10.7. The third-order valence-corrected chi connectivity index (χ3v) is 3.75. The van der Waals surface area contributed by atoms with Crippen LogP contribution in [0.1, 0.15) is 18.1 Å². The van der Waals surface area contributed by atoms with Crippen LogP contribution in [-0.4, -0.2) is 44.8 Å². The van der Waals surface area contributed by atoms with Crippen LogP contribution in [-0.2, 0) is 27.9 Å². The highest BCUT2D eigenvalue weighted by Crippen LogP contribution is 2.17. The van der Waals surface area contributed by atoms with Gasteiger partial charge in [0, 0.05) is 0 Å². The molecule has 0 aliphatic rings. The molecule has 2 rings (SSSR count). The molecule has 0 fully saturated rings. The molecule has 0 heterocycles. The zero-order chi connectivity index (χ0) is 21.9. The van der Waals surface area contributed by atoms with E-state index in [-0.39, 0.29) is 11.9 Å². The van der Waals surface area contributed by atoms with Gasteiger partial charge in [-0.2, -0.15) is 8.42 Å².